The van der Waals surface area contributed by atoms with Gasteiger partial charge in [-0.15, -0.1) is 0 Å². The van der Waals surface area contributed by atoms with Crippen LogP contribution in [0.25, 0.3) is 10.9 Å². The van der Waals surface area contributed by atoms with Gasteiger partial charge in [0.1, 0.15) is 0 Å². The number of rotatable bonds is 3. The smallest absolute Gasteiger partial charge is 0.265 e. The molecule has 0 aliphatic carbocycles. The summed E-state index contributed by atoms with van der Waals surface area (Å²) in [4.78, 5) is 9.43. The second-order valence-electron chi connectivity index (χ2n) is 6.33. The molecule has 1 aliphatic rings. The van der Waals surface area contributed by atoms with E-state index in [-0.39, 0.29) is 12.4 Å². The lowest BCUT2D eigenvalue weighted by molar-refractivity contribution is 0.0124. The Hall–Kier alpha value is -2.21. The number of halogens is 1. The highest BCUT2D eigenvalue weighted by atomic mass is 19.1. The molecule has 3 aromatic rings. The number of aryl methyl sites for hydroxylation is 1. The summed E-state index contributed by atoms with van der Waals surface area (Å²) >= 11 is 0. The third-order valence-corrected chi connectivity index (χ3v) is 4.46. The normalized spacial score (nSPS) is 22.7. The Balaban J connectivity index is 1.52. The number of H-pyrrole nitrogens is 1. The molecular formula is C17H19FN4O. The van der Waals surface area contributed by atoms with Crippen LogP contribution in [0.2, 0.25) is 0 Å². The summed E-state index contributed by atoms with van der Waals surface area (Å²) in [5, 5.41) is 4.91. The third-order valence-electron chi connectivity index (χ3n) is 4.46. The summed E-state index contributed by atoms with van der Waals surface area (Å²) in [6.45, 7) is 3.59. The maximum atomic E-state index is 15.2. The number of piperidine rings is 1. The number of aromatic nitrogens is 3. The maximum absolute atomic E-state index is 15.2. The van der Waals surface area contributed by atoms with Gasteiger partial charge in [-0.05, 0) is 49.4 Å². The van der Waals surface area contributed by atoms with Crippen molar-refractivity contribution in [1.82, 2.24) is 20.0 Å². The van der Waals surface area contributed by atoms with Crippen LogP contribution in [-0.2, 0) is 12.2 Å². The molecule has 120 valence electrons. The van der Waals surface area contributed by atoms with Crippen molar-refractivity contribution in [1.29, 1.82) is 0 Å². The van der Waals surface area contributed by atoms with Crippen molar-refractivity contribution in [2.24, 2.45) is 0 Å². The average molecular weight is 314 g/mol. The standard InChI is InChI=1S/C17H19FN4O/c1-12-20-16(23-21-12)17(18)6-2-8-22(11-17)10-13-3-4-14-5-7-19-15(14)9-13/h3-5,7,9,19H,2,6,8,10-11H2,1H3. The number of hydrogen-bond donors (Lipinski definition) is 1. The first-order valence-corrected chi connectivity index (χ1v) is 7.90. The van der Waals surface area contributed by atoms with E-state index >= 15 is 4.39 Å². The molecule has 23 heavy (non-hydrogen) atoms. The zero-order valence-corrected chi connectivity index (χ0v) is 13.1. The van der Waals surface area contributed by atoms with Crippen molar-refractivity contribution in [3.05, 3.63) is 47.7 Å². The van der Waals surface area contributed by atoms with Gasteiger partial charge in [0.25, 0.3) is 5.89 Å². The fraction of sp³-hybridized carbons (Fsp3) is 0.412. The summed E-state index contributed by atoms with van der Waals surface area (Å²) in [5.74, 6) is 0.589. The topological polar surface area (TPSA) is 58.0 Å². The van der Waals surface area contributed by atoms with Crippen LogP contribution in [0, 0.1) is 6.92 Å². The van der Waals surface area contributed by atoms with E-state index in [2.05, 4.69) is 38.2 Å². The zero-order chi connectivity index (χ0) is 15.9. The first-order valence-electron chi connectivity index (χ1n) is 7.90. The van der Waals surface area contributed by atoms with Gasteiger partial charge in [-0.2, -0.15) is 4.98 Å². The van der Waals surface area contributed by atoms with E-state index in [1.807, 2.05) is 12.3 Å². The summed E-state index contributed by atoms with van der Waals surface area (Å²) in [6, 6.07) is 8.36. The quantitative estimate of drug-likeness (QED) is 0.805. The molecule has 1 unspecified atom stereocenters. The lowest BCUT2D eigenvalue weighted by atomic mass is 9.94. The fourth-order valence-corrected chi connectivity index (χ4v) is 3.34. The van der Waals surface area contributed by atoms with Gasteiger partial charge in [-0.3, -0.25) is 4.90 Å². The molecule has 1 fully saturated rings. The minimum Gasteiger partial charge on any atom is -0.361 e. The Morgan fingerprint density at radius 1 is 1.39 bits per heavy atom. The largest absolute Gasteiger partial charge is 0.361 e. The van der Waals surface area contributed by atoms with E-state index in [9.17, 15) is 0 Å². The van der Waals surface area contributed by atoms with Crippen molar-refractivity contribution in [2.75, 3.05) is 13.1 Å². The summed E-state index contributed by atoms with van der Waals surface area (Å²) in [5.41, 5.74) is 0.736. The lowest BCUT2D eigenvalue weighted by Gasteiger charge is -2.35. The average Bonchev–Trinajstić information content (AvgIpc) is 3.16. The molecule has 0 amide bonds. The summed E-state index contributed by atoms with van der Waals surface area (Å²) < 4.78 is 20.3. The van der Waals surface area contributed by atoms with Gasteiger partial charge in [0.15, 0.2) is 5.82 Å². The van der Waals surface area contributed by atoms with Crippen LogP contribution < -0.4 is 0 Å². The fourth-order valence-electron chi connectivity index (χ4n) is 3.34. The van der Waals surface area contributed by atoms with E-state index in [0.29, 0.717) is 18.8 Å². The molecule has 1 N–H and O–H groups in total. The predicted octanol–water partition coefficient (Wildman–Crippen LogP) is 3.32. The van der Waals surface area contributed by atoms with E-state index < -0.39 is 5.67 Å². The van der Waals surface area contributed by atoms with Gasteiger partial charge < -0.3 is 9.51 Å². The molecule has 1 aliphatic heterocycles. The molecule has 1 atom stereocenters. The molecule has 2 aromatic heterocycles. The number of nitrogens with zero attached hydrogens (tertiary/aromatic N) is 3. The van der Waals surface area contributed by atoms with E-state index in [4.69, 9.17) is 4.52 Å². The first kappa shape index (κ1) is 14.4. The Labute approximate surface area is 133 Å². The molecule has 1 saturated heterocycles. The van der Waals surface area contributed by atoms with Gasteiger partial charge in [0.05, 0.1) is 0 Å². The van der Waals surface area contributed by atoms with Crippen LogP contribution in [0.1, 0.15) is 30.1 Å². The highest BCUT2D eigenvalue weighted by molar-refractivity contribution is 5.79. The lowest BCUT2D eigenvalue weighted by Crippen LogP contribution is -2.43. The monoisotopic (exact) mass is 314 g/mol. The summed E-state index contributed by atoms with van der Waals surface area (Å²) in [6.07, 6.45) is 3.14. The van der Waals surface area contributed by atoms with E-state index in [1.165, 1.54) is 10.9 Å². The molecule has 4 rings (SSSR count). The van der Waals surface area contributed by atoms with Crippen LogP contribution in [0.4, 0.5) is 4.39 Å². The SMILES string of the molecule is Cc1noc(C2(F)CCCN(Cc3ccc4cc[nH]c4c3)C2)n1. The molecule has 1 aromatic carbocycles. The molecule has 3 heterocycles. The molecule has 0 spiro atoms. The number of likely N-dealkylation sites (tertiary alicyclic amines) is 1. The number of fused-ring (bicyclic) bond motifs is 1. The Bertz CT molecular complexity index is 827. The number of hydrogen-bond acceptors (Lipinski definition) is 4. The van der Waals surface area contributed by atoms with Crippen LogP contribution >= 0.6 is 0 Å². The van der Waals surface area contributed by atoms with E-state index in [1.54, 1.807) is 6.92 Å². The second-order valence-corrected chi connectivity index (χ2v) is 6.33. The van der Waals surface area contributed by atoms with Gasteiger partial charge in [0, 0.05) is 24.8 Å². The second kappa shape index (κ2) is 5.45. The highest BCUT2D eigenvalue weighted by Crippen LogP contribution is 2.35. The third kappa shape index (κ3) is 2.74. The van der Waals surface area contributed by atoms with Gasteiger partial charge in [-0.1, -0.05) is 17.3 Å². The molecular weight excluding hydrogens is 295 g/mol. The minimum atomic E-state index is -1.55. The number of nitrogens with one attached hydrogen (secondary N) is 1. The maximum Gasteiger partial charge on any atom is 0.265 e. The van der Waals surface area contributed by atoms with Gasteiger partial charge >= 0.3 is 0 Å². The highest BCUT2D eigenvalue weighted by Gasteiger charge is 2.42. The van der Waals surface area contributed by atoms with Crippen LogP contribution in [0.3, 0.4) is 0 Å². The van der Waals surface area contributed by atoms with E-state index in [0.717, 1.165) is 18.5 Å². The first-order chi connectivity index (χ1) is 11.1. The Kier molecular flexibility index (Phi) is 3.41. The van der Waals surface area contributed by atoms with Crippen LogP contribution in [0.15, 0.2) is 35.0 Å². The van der Waals surface area contributed by atoms with Crippen molar-refractivity contribution in [3.63, 3.8) is 0 Å². The minimum absolute atomic E-state index is 0.111. The van der Waals surface area contributed by atoms with Gasteiger partial charge in [0.2, 0.25) is 5.67 Å². The molecule has 5 nitrogen and oxygen atoms in total. The van der Waals surface area contributed by atoms with Crippen molar-refractivity contribution < 1.29 is 8.91 Å². The number of benzene rings is 1. The van der Waals surface area contributed by atoms with Crippen LogP contribution in [0.5, 0.6) is 0 Å². The molecule has 0 bridgehead atoms. The van der Waals surface area contributed by atoms with Crippen LogP contribution in [-0.4, -0.2) is 33.1 Å². The van der Waals surface area contributed by atoms with Gasteiger partial charge in [-0.25, -0.2) is 4.39 Å². The number of aromatic amines is 1. The molecule has 0 radical (unpaired) electrons. The summed E-state index contributed by atoms with van der Waals surface area (Å²) in [7, 11) is 0. The predicted molar refractivity (Wildman–Crippen MR) is 84.6 cm³/mol. The Morgan fingerprint density at radius 3 is 3.13 bits per heavy atom. The van der Waals surface area contributed by atoms with Crippen molar-refractivity contribution in [2.45, 2.75) is 32.0 Å². The van der Waals surface area contributed by atoms with Crippen molar-refractivity contribution in [3.8, 4) is 0 Å². The number of alkyl halides is 1. The molecule has 0 saturated carbocycles. The Morgan fingerprint density at radius 2 is 2.30 bits per heavy atom. The zero-order valence-electron chi connectivity index (χ0n) is 13.1. The molecule has 6 heteroatoms. The van der Waals surface area contributed by atoms with Crippen molar-refractivity contribution >= 4 is 10.9 Å².